The number of hydrogen-bond acceptors (Lipinski definition) is 3. The third-order valence-corrected chi connectivity index (χ3v) is 3.41. The van der Waals surface area contributed by atoms with Gasteiger partial charge in [-0.15, -0.1) is 0 Å². The zero-order valence-electron chi connectivity index (χ0n) is 12.2. The highest BCUT2D eigenvalue weighted by Crippen LogP contribution is 2.20. The van der Waals surface area contributed by atoms with E-state index in [1.165, 1.54) is 18.4 Å². The third kappa shape index (κ3) is 4.51. The molecule has 1 heterocycles. The van der Waals surface area contributed by atoms with Crippen LogP contribution in [0.1, 0.15) is 45.2 Å². The summed E-state index contributed by atoms with van der Waals surface area (Å²) in [7, 11) is 0. The molecule has 3 nitrogen and oxygen atoms in total. The fraction of sp³-hybridized carbons (Fsp3) is 0.625. The van der Waals surface area contributed by atoms with Crippen molar-refractivity contribution in [3.05, 3.63) is 29.8 Å². The van der Waals surface area contributed by atoms with Crippen LogP contribution >= 0.6 is 0 Å². The van der Waals surface area contributed by atoms with Gasteiger partial charge in [-0.2, -0.15) is 0 Å². The summed E-state index contributed by atoms with van der Waals surface area (Å²) in [5, 5.41) is 3.54. The summed E-state index contributed by atoms with van der Waals surface area (Å²) in [5.74, 6) is 0.943. The molecule has 0 aromatic heterocycles. The van der Waals surface area contributed by atoms with Crippen molar-refractivity contribution < 1.29 is 9.47 Å². The molecule has 106 valence electrons. The first kappa shape index (κ1) is 14.4. The Bertz CT molecular complexity index is 386. The van der Waals surface area contributed by atoms with Gasteiger partial charge in [0, 0.05) is 19.2 Å². The molecule has 0 spiro atoms. The van der Waals surface area contributed by atoms with Crippen molar-refractivity contribution in [1.82, 2.24) is 5.32 Å². The van der Waals surface area contributed by atoms with Crippen molar-refractivity contribution >= 4 is 0 Å². The number of nitrogens with one attached hydrogen (secondary N) is 1. The Morgan fingerprint density at radius 1 is 1.37 bits per heavy atom. The van der Waals surface area contributed by atoms with Crippen molar-refractivity contribution in [1.29, 1.82) is 0 Å². The van der Waals surface area contributed by atoms with Gasteiger partial charge < -0.3 is 14.8 Å². The van der Waals surface area contributed by atoms with Crippen molar-refractivity contribution in [2.45, 2.75) is 51.9 Å². The molecule has 0 saturated carbocycles. The smallest absolute Gasteiger partial charge is 0.120 e. The number of hydrogen-bond donors (Lipinski definition) is 1. The third-order valence-electron chi connectivity index (χ3n) is 3.41. The first-order chi connectivity index (χ1) is 9.15. The molecule has 3 heteroatoms. The Balaban J connectivity index is 1.88. The minimum absolute atomic E-state index is 0.213. The van der Waals surface area contributed by atoms with Gasteiger partial charge in [0.1, 0.15) is 5.75 Å². The normalized spacial score (nSPS) is 20.7. The van der Waals surface area contributed by atoms with Crippen molar-refractivity contribution in [3.63, 3.8) is 0 Å². The summed E-state index contributed by atoms with van der Waals surface area (Å²) >= 11 is 0. The minimum atomic E-state index is 0.213. The van der Waals surface area contributed by atoms with Crippen LogP contribution in [0.4, 0.5) is 0 Å². The summed E-state index contributed by atoms with van der Waals surface area (Å²) < 4.78 is 11.4. The van der Waals surface area contributed by atoms with Crippen LogP contribution in [0.5, 0.6) is 5.75 Å². The molecule has 2 unspecified atom stereocenters. The molecule has 2 atom stereocenters. The molecule has 1 aliphatic rings. The van der Waals surface area contributed by atoms with Crippen LogP contribution in [0.3, 0.4) is 0 Å². The van der Waals surface area contributed by atoms with Gasteiger partial charge in [-0.3, -0.25) is 0 Å². The quantitative estimate of drug-likeness (QED) is 0.854. The second-order valence-corrected chi connectivity index (χ2v) is 5.50. The second kappa shape index (κ2) is 6.92. The topological polar surface area (TPSA) is 30.5 Å². The molecule has 1 aromatic carbocycles. The van der Waals surface area contributed by atoms with Gasteiger partial charge in [-0.05, 0) is 51.3 Å². The van der Waals surface area contributed by atoms with E-state index in [0.29, 0.717) is 12.1 Å². The Labute approximate surface area is 116 Å². The Kier molecular flexibility index (Phi) is 5.23. The molecule has 1 aliphatic heterocycles. The molecule has 1 fully saturated rings. The van der Waals surface area contributed by atoms with E-state index in [0.717, 1.165) is 18.9 Å². The standard InChI is InChI=1S/C16H25NO2/c1-12(2)19-15-7-4-6-14(10-15)13(3)17-11-16-8-5-9-18-16/h4,6-7,10,12-13,16-17H,5,8-9,11H2,1-3H3. The predicted octanol–water partition coefficient (Wildman–Crippen LogP) is 3.30. The molecule has 1 N–H and O–H groups in total. The van der Waals surface area contributed by atoms with Crippen LogP contribution in [0.15, 0.2) is 24.3 Å². The summed E-state index contributed by atoms with van der Waals surface area (Å²) in [6.45, 7) is 8.12. The lowest BCUT2D eigenvalue weighted by Crippen LogP contribution is -2.28. The lowest BCUT2D eigenvalue weighted by molar-refractivity contribution is 0.108. The van der Waals surface area contributed by atoms with Gasteiger partial charge in [0.15, 0.2) is 0 Å². The van der Waals surface area contributed by atoms with Crippen LogP contribution < -0.4 is 10.1 Å². The lowest BCUT2D eigenvalue weighted by Gasteiger charge is -2.18. The first-order valence-electron chi connectivity index (χ1n) is 7.27. The molecule has 1 saturated heterocycles. The average molecular weight is 263 g/mol. The maximum atomic E-state index is 5.73. The molecule has 19 heavy (non-hydrogen) atoms. The minimum Gasteiger partial charge on any atom is -0.491 e. The van der Waals surface area contributed by atoms with Crippen LogP contribution in [0, 0.1) is 0 Å². The zero-order valence-corrected chi connectivity index (χ0v) is 12.2. The van der Waals surface area contributed by atoms with E-state index in [9.17, 15) is 0 Å². The van der Waals surface area contributed by atoms with Gasteiger partial charge in [0.25, 0.3) is 0 Å². The highest BCUT2D eigenvalue weighted by Gasteiger charge is 2.16. The number of ether oxygens (including phenoxy) is 2. The predicted molar refractivity (Wildman–Crippen MR) is 77.6 cm³/mol. The van der Waals surface area contributed by atoms with Gasteiger partial charge in [-0.25, -0.2) is 0 Å². The first-order valence-corrected chi connectivity index (χ1v) is 7.27. The van der Waals surface area contributed by atoms with E-state index in [2.05, 4.69) is 30.4 Å². The van der Waals surface area contributed by atoms with E-state index in [1.54, 1.807) is 0 Å². The largest absolute Gasteiger partial charge is 0.491 e. The van der Waals surface area contributed by atoms with Gasteiger partial charge in [-0.1, -0.05) is 12.1 Å². The van der Waals surface area contributed by atoms with Crippen LogP contribution in [0.25, 0.3) is 0 Å². The Morgan fingerprint density at radius 2 is 2.21 bits per heavy atom. The van der Waals surface area contributed by atoms with E-state index in [4.69, 9.17) is 9.47 Å². The van der Waals surface area contributed by atoms with E-state index >= 15 is 0 Å². The van der Waals surface area contributed by atoms with Gasteiger partial charge in [0.05, 0.1) is 12.2 Å². The van der Waals surface area contributed by atoms with E-state index in [-0.39, 0.29) is 6.10 Å². The van der Waals surface area contributed by atoms with E-state index < -0.39 is 0 Å². The maximum absolute atomic E-state index is 5.73. The highest BCUT2D eigenvalue weighted by atomic mass is 16.5. The van der Waals surface area contributed by atoms with Crippen LogP contribution in [0.2, 0.25) is 0 Å². The molecular weight excluding hydrogens is 238 g/mol. The Morgan fingerprint density at radius 3 is 2.89 bits per heavy atom. The highest BCUT2D eigenvalue weighted by molar-refractivity contribution is 5.30. The average Bonchev–Trinajstić information content (AvgIpc) is 2.88. The molecular formula is C16H25NO2. The van der Waals surface area contributed by atoms with Crippen molar-refractivity contribution in [3.8, 4) is 5.75 Å². The molecule has 1 aromatic rings. The fourth-order valence-corrected chi connectivity index (χ4v) is 2.36. The molecule has 0 aliphatic carbocycles. The SMILES string of the molecule is CC(C)Oc1cccc(C(C)NCC2CCCO2)c1. The lowest BCUT2D eigenvalue weighted by atomic mass is 10.1. The van der Waals surface area contributed by atoms with Crippen molar-refractivity contribution in [2.24, 2.45) is 0 Å². The second-order valence-electron chi connectivity index (χ2n) is 5.50. The van der Waals surface area contributed by atoms with Crippen LogP contribution in [-0.2, 0) is 4.74 Å². The summed E-state index contributed by atoms with van der Waals surface area (Å²) in [6.07, 6.45) is 2.97. The molecule has 0 bridgehead atoms. The van der Waals surface area contributed by atoms with Crippen LogP contribution in [-0.4, -0.2) is 25.4 Å². The molecule has 0 radical (unpaired) electrons. The number of benzene rings is 1. The maximum Gasteiger partial charge on any atom is 0.120 e. The Hall–Kier alpha value is -1.06. The summed E-state index contributed by atoms with van der Waals surface area (Å²) in [4.78, 5) is 0. The van der Waals surface area contributed by atoms with Gasteiger partial charge in [0.2, 0.25) is 0 Å². The number of rotatable bonds is 6. The van der Waals surface area contributed by atoms with Crippen molar-refractivity contribution in [2.75, 3.05) is 13.2 Å². The molecule has 2 rings (SSSR count). The summed E-state index contributed by atoms with van der Waals surface area (Å²) in [5.41, 5.74) is 1.26. The van der Waals surface area contributed by atoms with E-state index in [1.807, 2.05) is 19.9 Å². The summed E-state index contributed by atoms with van der Waals surface area (Å²) in [6, 6.07) is 8.64. The fourth-order valence-electron chi connectivity index (χ4n) is 2.36. The monoisotopic (exact) mass is 263 g/mol. The van der Waals surface area contributed by atoms with Gasteiger partial charge >= 0.3 is 0 Å². The zero-order chi connectivity index (χ0) is 13.7. The molecule has 0 amide bonds.